The molecule has 0 rings (SSSR count). The molecule has 0 amide bonds. The highest BCUT2D eigenvalue weighted by Gasteiger charge is 1.85. The van der Waals surface area contributed by atoms with Gasteiger partial charge >= 0.3 is 0 Å². The van der Waals surface area contributed by atoms with Gasteiger partial charge in [0, 0.05) is 4.11 Å². The van der Waals surface area contributed by atoms with Crippen LogP contribution in [0.1, 0.15) is 163 Å². The van der Waals surface area contributed by atoms with Gasteiger partial charge in [0.1, 0.15) is 0 Å². The summed E-state index contributed by atoms with van der Waals surface area (Å²) in [4.78, 5) is 0. The lowest BCUT2D eigenvalue weighted by molar-refractivity contribution is 0.576. The van der Waals surface area contributed by atoms with Gasteiger partial charge in [0.25, 0.3) is 0 Å². The van der Waals surface area contributed by atoms with Crippen molar-refractivity contribution in [3.8, 4) is 0 Å². The van der Waals surface area contributed by atoms with E-state index in [-0.39, 0.29) is 35.6 Å². The first-order chi connectivity index (χ1) is 11.9. The van der Waals surface area contributed by atoms with E-state index in [4.69, 9.17) is 4.11 Å². The van der Waals surface area contributed by atoms with Gasteiger partial charge in [-0.3, -0.25) is 0 Å². The average molecular weight is 414 g/mol. The second-order valence-electron chi connectivity index (χ2n) is 9.05. The molecule has 0 N–H and O–H groups in total. The van der Waals surface area contributed by atoms with Gasteiger partial charge in [-0.15, -0.1) is 0 Å². The second kappa shape index (κ2) is 50.6. The molecule has 0 radical (unpaired) electrons. The van der Waals surface area contributed by atoms with E-state index in [9.17, 15) is 0 Å². The summed E-state index contributed by atoms with van der Waals surface area (Å²) < 4.78 is 20.4. The highest BCUT2D eigenvalue weighted by Crippen LogP contribution is 2.00. The molecule has 0 aliphatic carbocycles. The van der Waals surface area contributed by atoms with Gasteiger partial charge in [-0.2, -0.15) is 0 Å². The van der Waals surface area contributed by atoms with Crippen LogP contribution in [-0.2, 0) is 0 Å². The SMILES string of the molecule is C.C.C.C.CC(C)C.CC(C)C.CCC(C)C.CCCC(C)C.[2H]C([2H])([2H])CC(C)C. The molecule has 0 aliphatic rings. The first-order valence-corrected chi connectivity index (χ1v) is 10.4. The van der Waals surface area contributed by atoms with Crippen molar-refractivity contribution >= 4 is 0 Å². The van der Waals surface area contributed by atoms with Gasteiger partial charge < -0.3 is 0 Å². The van der Waals surface area contributed by atoms with Crippen LogP contribution in [0.5, 0.6) is 0 Å². The zero-order valence-electron chi connectivity index (χ0n) is 23.2. The molecule has 0 aromatic carbocycles. The molecule has 0 aromatic heterocycles. The van der Waals surface area contributed by atoms with E-state index >= 15 is 0 Å². The van der Waals surface area contributed by atoms with Crippen LogP contribution in [0.3, 0.4) is 0 Å². The van der Waals surface area contributed by atoms with Crippen LogP contribution in [0.4, 0.5) is 0 Å². The minimum absolute atomic E-state index is 0. The molecule has 0 aromatic rings. The van der Waals surface area contributed by atoms with E-state index in [1.54, 1.807) is 0 Å². The first-order valence-electron chi connectivity index (χ1n) is 11.9. The van der Waals surface area contributed by atoms with Gasteiger partial charge in [0.15, 0.2) is 0 Å². The van der Waals surface area contributed by atoms with Gasteiger partial charge in [0.2, 0.25) is 0 Å². The summed E-state index contributed by atoms with van der Waals surface area (Å²) in [6, 6.07) is 0. The molecule has 0 saturated heterocycles. The third-order valence-electron chi connectivity index (χ3n) is 2.09. The Morgan fingerprint density at radius 2 is 0.714 bits per heavy atom. The number of hydrogen-bond donors (Lipinski definition) is 0. The van der Waals surface area contributed by atoms with Crippen LogP contribution in [0, 0.1) is 29.6 Å². The van der Waals surface area contributed by atoms with Crippen molar-refractivity contribution in [1.82, 2.24) is 0 Å². The van der Waals surface area contributed by atoms with E-state index in [0.717, 1.165) is 23.7 Å². The van der Waals surface area contributed by atoms with Crippen molar-refractivity contribution in [2.45, 2.75) is 159 Å². The fraction of sp³-hybridized carbons (Fsp3) is 1.00. The maximum Gasteiger partial charge on any atom is 0.0230 e. The maximum absolute atomic E-state index is 6.80. The Balaban J connectivity index is -0.0000000277. The molecule has 0 fully saturated rings. The summed E-state index contributed by atoms with van der Waals surface area (Å²) in [5.41, 5.74) is 0. The highest BCUT2D eigenvalue weighted by molar-refractivity contribution is 4.38. The Bertz CT molecular complexity index is 215. The topological polar surface area (TPSA) is 0 Å². The van der Waals surface area contributed by atoms with E-state index in [1.807, 2.05) is 13.8 Å². The number of hydrogen-bond acceptors (Lipinski definition) is 0. The van der Waals surface area contributed by atoms with Crippen molar-refractivity contribution < 1.29 is 4.11 Å². The lowest BCUT2D eigenvalue weighted by Gasteiger charge is -1.95. The molecule has 186 valence electrons. The third-order valence-corrected chi connectivity index (χ3v) is 2.09. The Morgan fingerprint density at radius 1 is 0.500 bits per heavy atom. The zero-order valence-corrected chi connectivity index (χ0v) is 20.2. The summed E-state index contributed by atoms with van der Waals surface area (Å²) in [5, 5.41) is 0. The molecule has 0 saturated carbocycles. The predicted molar refractivity (Wildman–Crippen MR) is 148 cm³/mol. The quantitative estimate of drug-likeness (QED) is 0.429. The maximum atomic E-state index is 6.80. The second-order valence-corrected chi connectivity index (χ2v) is 9.05. The molecule has 0 unspecified atom stereocenters. The van der Waals surface area contributed by atoms with Crippen LogP contribution in [0.2, 0.25) is 0 Å². The van der Waals surface area contributed by atoms with Crippen molar-refractivity contribution in [3.05, 3.63) is 0 Å². The summed E-state index contributed by atoms with van der Waals surface area (Å²) in [5.74, 6) is 3.73. The summed E-state index contributed by atoms with van der Waals surface area (Å²) in [6.45, 7) is 28.5. The summed E-state index contributed by atoms with van der Waals surface area (Å²) >= 11 is 0. The van der Waals surface area contributed by atoms with Crippen molar-refractivity contribution in [2.24, 2.45) is 29.6 Å². The van der Waals surface area contributed by atoms with E-state index in [2.05, 4.69) is 83.1 Å². The molecule has 0 bridgehead atoms. The predicted octanol–water partition coefficient (Wildman–Crippen LogP) is 12.4. The molecule has 0 atom stereocenters. The Kier molecular flexibility index (Phi) is 76.2. The Morgan fingerprint density at radius 3 is 0.714 bits per heavy atom. The van der Waals surface area contributed by atoms with Crippen molar-refractivity contribution in [3.63, 3.8) is 0 Å². The van der Waals surface area contributed by atoms with Crippen molar-refractivity contribution in [2.75, 3.05) is 0 Å². The fourth-order valence-corrected chi connectivity index (χ4v) is 0.577. The molecular formula is C28H74. The fourth-order valence-electron chi connectivity index (χ4n) is 0.577. The Labute approximate surface area is 193 Å². The standard InChI is InChI=1S/C6H14.2C5H12.2C4H10.4CH4/c1-4-5-6(2)3;2*1-4-5(2)3;2*1-4(2)3;;;;/h6H,4-5H2,1-3H3;2*5H,4H2,1-3H3;2*4H,1-3H3;4*1H4/i;1D3;;;;;;;. The molecule has 0 spiro atoms. The minimum Gasteiger partial charge on any atom is -0.0776 e. The summed E-state index contributed by atoms with van der Waals surface area (Å²) in [7, 11) is 0. The normalized spacial score (nSPS) is 10.2. The third kappa shape index (κ3) is 332. The van der Waals surface area contributed by atoms with Crippen LogP contribution in [-0.4, -0.2) is 0 Å². The van der Waals surface area contributed by atoms with Crippen LogP contribution < -0.4 is 0 Å². The molecule has 0 heteroatoms. The molecular weight excluding hydrogens is 336 g/mol. The average Bonchev–Trinajstić information content (AvgIpc) is 2.35. The van der Waals surface area contributed by atoms with Gasteiger partial charge in [0.05, 0.1) is 0 Å². The van der Waals surface area contributed by atoms with Crippen molar-refractivity contribution in [1.29, 1.82) is 0 Å². The molecule has 0 aliphatic heterocycles. The van der Waals surface area contributed by atoms with Gasteiger partial charge in [-0.05, 0) is 29.6 Å². The first kappa shape index (κ1) is 42.2. The number of rotatable bonds is 4. The lowest BCUT2D eigenvalue weighted by atomic mass is 10.1. The molecule has 0 nitrogen and oxygen atoms in total. The zero-order chi connectivity index (χ0) is 23.2. The van der Waals surface area contributed by atoms with Gasteiger partial charge in [-0.1, -0.05) is 159 Å². The smallest absolute Gasteiger partial charge is 0.0230 e. The van der Waals surface area contributed by atoms with E-state index < -0.39 is 6.85 Å². The van der Waals surface area contributed by atoms with Gasteiger partial charge in [-0.25, -0.2) is 0 Å². The van der Waals surface area contributed by atoms with Crippen LogP contribution in [0.15, 0.2) is 0 Å². The highest BCUT2D eigenvalue weighted by atomic mass is 13.9. The molecule has 0 heterocycles. The largest absolute Gasteiger partial charge is 0.0776 e. The monoisotopic (exact) mass is 414 g/mol. The van der Waals surface area contributed by atoms with Crippen LogP contribution >= 0.6 is 0 Å². The summed E-state index contributed by atoms with van der Waals surface area (Å²) in [6.07, 6.45) is 4.34. The van der Waals surface area contributed by atoms with E-state index in [0.29, 0.717) is 6.42 Å². The van der Waals surface area contributed by atoms with Crippen LogP contribution in [0.25, 0.3) is 0 Å². The Hall–Kier alpha value is 0. The molecule has 28 heavy (non-hydrogen) atoms. The minimum atomic E-state index is -1.73. The lowest BCUT2D eigenvalue weighted by Crippen LogP contribution is -1.81. The van der Waals surface area contributed by atoms with E-state index in [1.165, 1.54) is 19.3 Å².